The van der Waals surface area contributed by atoms with Gasteiger partial charge in [-0.2, -0.15) is 0 Å². The maximum atomic E-state index is 12.1. The summed E-state index contributed by atoms with van der Waals surface area (Å²) in [5.41, 5.74) is 2.85. The van der Waals surface area contributed by atoms with E-state index in [1.54, 1.807) is 4.90 Å². The second-order valence-electron chi connectivity index (χ2n) is 7.56. The van der Waals surface area contributed by atoms with Crippen LogP contribution in [0.15, 0.2) is 22.8 Å². The molecule has 0 N–H and O–H groups in total. The maximum Gasteiger partial charge on any atom is 0.236 e. The molecule has 2 atom stereocenters. The number of amides is 1. The number of hydrogen-bond donors (Lipinski definition) is 0. The number of nitrogens with zero attached hydrogens (tertiary/aromatic N) is 5. The third-order valence-corrected chi connectivity index (χ3v) is 5.50. The number of benzene rings is 1. The molecule has 7 heteroatoms. The second-order valence-corrected chi connectivity index (χ2v) is 7.56. The van der Waals surface area contributed by atoms with Gasteiger partial charge in [0.05, 0.1) is 6.54 Å². The fraction of sp³-hybridized carbons (Fsp3) is 0.611. The number of likely N-dealkylation sites (N-methyl/N-ethyl adjacent to an activating group) is 1. The Bertz CT molecular complexity index is 759. The van der Waals surface area contributed by atoms with E-state index in [0.717, 1.165) is 37.2 Å². The lowest BCUT2D eigenvalue weighted by molar-refractivity contribution is -0.130. The Morgan fingerprint density at radius 1 is 1.24 bits per heavy atom. The topological polar surface area (TPSA) is 65.7 Å². The van der Waals surface area contributed by atoms with Crippen molar-refractivity contribution in [3.63, 3.8) is 0 Å². The molecule has 3 aliphatic rings. The monoisotopic (exact) mass is 343 g/mol. The molecule has 0 aliphatic carbocycles. The number of aromatic nitrogens is 2. The van der Waals surface area contributed by atoms with E-state index < -0.39 is 0 Å². The van der Waals surface area contributed by atoms with Crippen molar-refractivity contribution in [3.8, 4) is 0 Å². The van der Waals surface area contributed by atoms with Gasteiger partial charge in [0.25, 0.3) is 0 Å². The normalized spacial score (nSPS) is 24.6. The number of rotatable bonds is 4. The lowest BCUT2D eigenvalue weighted by Crippen LogP contribution is -2.44. The first kappa shape index (κ1) is 16.5. The van der Waals surface area contributed by atoms with Gasteiger partial charge in [-0.05, 0) is 40.7 Å². The van der Waals surface area contributed by atoms with E-state index in [9.17, 15) is 4.79 Å². The molecule has 1 aromatic heterocycles. The first-order valence-electron chi connectivity index (χ1n) is 8.97. The van der Waals surface area contributed by atoms with Crippen LogP contribution in [0.3, 0.4) is 0 Å². The Balaban J connectivity index is 1.49. The summed E-state index contributed by atoms with van der Waals surface area (Å²) in [5.74, 6) is 0.814. The van der Waals surface area contributed by atoms with Crippen LogP contribution in [0.2, 0.25) is 0 Å². The van der Waals surface area contributed by atoms with Crippen LogP contribution in [0.5, 0.6) is 0 Å². The molecule has 3 saturated heterocycles. The van der Waals surface area contributed by atoms with E-state index in [4.69, 9.17) is 4.63 Å². The summed E-state index contributed by atoms with van der Waals surface area (Å²) >= 11 is 0. The van der Waals surface area contributed by atoms with E-state index in [1.807, 2.05) is 26.2 Å². The number of carbonyl (C=O) groups is 1. The summed E-state index contributed by atoms with van der Waals surface area (Å²) in [5, 5.41) is 8.02. The first-order valence-corrected chi connectivity index (χ1v) is 8.97. The van der Waals surface area contributed by atoms with Gasteiger partial charge in [0, 0.05) is 46.3 Å². The number of hydrogen-bond acceptors (Lipinski definition) is 6. The smallest absolute Gasteiger partial charge is 0.236 e. The van der Waals surface area contributed by atoms with Crippen molar-refractivity contribution >= 4 is 16.9 Å². The third-order valence-electron chi connectivity index (χ3n) is 5.50. The maximum absolute atomic E-state index is 12.1. The molecule has 0 radical (unpaired) electrons. The SMILES string of the molecule is CN(C)C(=O)CN1C[C@@H]2CC[C@H](C1)N(Cc1cccc3nonc13)C2. The molecule has 5 rings (SSSR count). The van der Waals surface area contributed by atoms with E-state index in [1.165, 1.54) is 18.4 Å². The van der Waals surface area contributed by atoms with Crippen LogP contribution in [0.1, 0.15) is 18.4 Å². The van der Waals surface area contributed by atoms with Crippen LogP contribution in [0.4, 0.5) is 0 Å². The van der Waals surface area contributed by atoms with E-state index >= 15 is 0 Å². The van der Waals surface area contributed by atoms with Crippen LogP contribution >= 0.6 is 0 Å². The average Bonchev–Trinajstić information content (AvgIpc) is 2.91. The van der Waals surface area contributed by atoms with Crippen LogP contribution in [0, 0.1) is 5.92 Å². The lowest BCUT2D eigenvalue weighted by atomic mass is 9.94. The van der Waals surface area contributed by atoms with Crippen molar-refractivity contribution in [2.45, 2.75) is 25.4 Å². The summed E-state index contributed by atoms with van der Waals surface area (Å²) in [6.07, 6.45) is 2.45. The summed E-state index contributed by atoms with van der Waals surface area (Å²) in [4.78, 5) is 18.7. The summed E-state index contributed by atoms with van der Waals surface area (Å²) in [7, 11) is 3.65. The van der Waals surface area contributed by atoms with Crippen LogP contribution in [-0.2, 0) is 11.3 Å². The fourth-order valence-electron chi connectivity index (χ4n) is 4.14. The molecule has 2 aromatic rings. The highest BCUT2D eigenvalue weighted by molar-refractivity contribution is 5.77. The van der Waals surface area contributed by atoms with Crippen LogP contribution < -0.4 is 0 Å². The molecule has 0 unspecified atom stereocenters. The standard InChI is InChI=1S/C18H25N5O2/c1-21(2)17(24)12-22-8-13-6-7-15(11-22)23(9-13)10-14-4-3-5-16-18(14)20-25-19-16/h3-5,13,15H,6-12H2,1-2H3/t13-,15+/m0/s1. The van der Waals surface area contributed by atoms with Crippen LogP contribution in [-0.4, -0.2) is 77.2 Å². The minimum atomic E-state index is 0.186. The highest BCUT2D eigenvalue weighted by atomic mass is 16.6. The van der Waals surface area contributed by atoms with Crippen molar-refractivity contribution in [3.05, 3.63) is 23.8 Å². The molecule has 1 aromatic carbocycles. The van der Waals surface area contributed by atoms with Gasteiger partial charge >= 0.3 is 0 Å². The van der Waals surface area contributed by atoms with Gasteiger partial charge in [-0.3, -0.25) is 14.6 Å². The molecular formula is C18H25N5O2. The molecule has 3 fully saturated rings. The molecule has 2 bridgehead atoms. The van der Waals surface area contributed by atoms with Crippen molar-refractivity contribution in [2.24, 2.45) is 5.92 Å². The third kappa shape index (κ3) is 3.39. The molecule has 1 amide bonds. The zero-order chi connectivity index (χ0) is 17.4. The zero-order valence-electron chi connectivity index (χ0n) is 14.9. The van der Waals surface area contributed by atoms with Gasteiger partial charge in [0.1, 0.15) is 11.0 Å². The molecule has 25 heavy (non-hydrogen) atoms. The van der Waals surface area contributed by atoms with Crippen molar-refractivity contribution < 1.29 is 9.42 Å². The molecule has 0 spiro atoms. The van der Waals surface area contributed by atoms with E-state index in [-0.39, 0.29) is 5.91 Å². The Morgan fingerprint density at radius 3 is 2.96 bits per heavy atom. The number of fused-ring (bicyclic) bond motifs is 5. The second kappa shape index (κ2) is 6.72. The highest BCUT2D eigenvalue weighted by Gasteiger charge is 2.35. The molecule has 7 nitrogen and oxygen atoms in total. The van der Waals surface area contributed by atoms with Gasteiger partial charge in [-0.25, -0.2) is 4.63 Å². The molecule has 3 aliphatic heterocycles. The largest absolute Gasteiger partial charge is 0.348 e. The lowest BCUT2D eigenvalue weighted by Gasteiger charge is -2.36. The van der Waals surface area contributed by atoms with E-state index in [0.29, 0.717) is 18.5 Å². The molecule has 134 valence electrons. The minimum Gasteiger partial charge on any atom is -0.348 e. The van der Waals surface area contributed by atoms with Crippen molar-refractivity contribution in [1.29, 1.82) is 0 Å². The quantitative estimate of drug-likeness (QED) is 0.831. The highest BCUT2D eigenvalue weighted by Crippen LogP contribution is 2.30. The number of carbonyl (C=O) groups excluding carboxylic acids is 1. The number of piperidine rings is 1. The minimum absolute atomic E-state index is 0.186. The average molecular weight is 343 g/mol. The van der Waals surface area contributed by atoms with Gasteiger partial charge in [0.15, 0.2) is 0 Å². The first-order chi connectivity index (χ1) is 12.1. The van der Waals surface area contributed by atoms with Crippen molar-refractivity contribution in [1.82, 2.24) is 25.0 Å². The Hall–Kier alpha value is -1.99. The van der Waals surface area contributed by atoms with E-state index in [2.05, 4.69) is 26.2 Å². The summed E-state index contributed by atoms with van der Waals surface area (Å²) in [6.45, 7) is 4.45. The Kier molecular flexibility index (Phi) is 4.43. The predicted molar refractivity (Wildman–Crippen MR) is 93.9 cm³/mol. The Morgan fingerprint density at radius 2 is 2.12 bits per heavy atom. The Labute approximate surface area is 147 Å². The van der Waals surface area contributed by atoms with Gasteiger partial charge in [-0.15, -0.1) is 0 Å². The molecular weight excluding hydrogens is 318 g/mol. The summed E-state index contributed by atoms with van der Waals surface area (Å²) < 4.78 is 4.90. The van der Waals surface area contributed by atoms with Gasteiger partial charge in [0.2, 0.25) is 5.91 Å². The van der Waals surface area contributed by atoms with Gasteiger partial charge < -0.3 is 4.90 Å². The fourth-order valence-corrected chi connectivity index (χ4v) is 4.14. The van der Waals surface area contributed by atoms with Crippen LogP contribution in [0.25, 0.3) is 11.0 Å². The van der Waals surface area contributed by atoms with Gasteiger partial charge in [-0.1, -0.05) is 12.1 Å². The predicted octanol–water partition coefficient (Wildman–Crippen LogP) is 1.21. The molecule has 4 heterocycles. The summed E-state index contributed by atoms with van der Waals surface area (Å²) in [6, 6.07) is 6.54. The zero-order valence-corrected chi connectivity index (χ0v) is 14.9. The van der Waals surface area contributed by atoms with Crippen molar-refractivity contribution in [2.75, 3.05) is 40.3 Å². The molecule has 0 saturated carbocycles.